The van der Waals surface area contributed by atoms with Crippen molar-refractivity contribution in [3.8, 4) is 0 Å². The largest absolute Gasteiger partial charge is 0.352 e. The van der Waals surface area contributed by atoms with Crippen molar-refractivity contribution in [1.82, 2.24) is 10.6 Å². The number of hydrogen-bond acceptors (Lipinski definition) is 2. The molecule has 0 aromatic rings. The Balaban J connectivity index is 2.04. The number of rotatable bonds is 8. The van der Waals surface area contributed by atoms with Crippen LogP contribution in [0.3, 0.4) is 0 Å². The summed E-state index contributed by atoms with van der Waals surface area (Å²) in [5.41, 5.74) is 0. The standard InChI is InChI=1S/C15H30N2O/c1-3-4-6-9-13(2)16-12-15(18)17-14-10-7-5-8-11-14/h13-14,16H,3-12H2,1-2H3,(H,17,18). The molecule has 0 aromatic heterocycles. The molecule has 1 saturated carbocycles. The average Bonchev–Trinajstić information content (AvgIpc) is 2.38. The number of carbonyl (C=O) groups excluding carboxylic acids is 1. The van der Waals surface area contributed by atoms with Crippen LogP contribution >= 0.6 is 0 Å². The third kappa shape index (κ3) is 7.00. The van der Waals surface area contributed by atoms with Crippen molar-refractivity contribution in [2.24, 2.45) is 0 Å². The summed E-state index contributed by atoms with van der Waals surface area (Å²) in [4.78, 5) is 11.8. The first kappa shape index (κ1) is 15.5. The summed E-state index contributed by atoms with van der Waals surface area (Å²) in [6.07, 6.45) is 11.2. The van der Waals surface area contributed by atoms with Gasteiger partial charge >= 0.3 is 0 Å². The summed E-state index contributed by atoms with van der Waals surface area (Å²) in [5.74, 6) is 0.171. The van der Waals surface area contributed by atoms with Gasteiger partial charge in [0.25, 0.3) is 0 Å². The lowest BCUT2D eigenvalue weighted by Gasteiger charge is -2.23. The molecule has 1 aliphatic carbocycles. The molecule has 3 nitrogen and oxygen atoms in total. The molecule has 0 aromatic carbocycles. The van der Waals surface area contributed by atoms with Gasteiger partial charge in [0.1, 0.15) is 0 Å². The summed E-state index contributed by atoms with van der Waals surface area (Å²) in [6.45, 7) is 4.86. The second kappa shape index (κ2) is 9.37. The van der Waals surface area contributed by atoms with Crippen LogP contribution in [0.2, 0.25) is 0 Å². The topological polar surface area (TPSA) is 41.1 Å². The van der Waals surface area contributed by atoms with Crippen LogP contribution in [0.4, 0.5) is 0 Å². The van der Waals surface area contributed by atoms with Crippen molar-refractivity contribution in [3.63, 3.8) is 0 Å². The van der Waals surface area contributed by atoms with Gasteiger partial charge in [0.15, 0.2) is 0 Å². The van der Waals surface area contributed by atoms with E-state index in [0.717, 1.165) is 12.8 Å². The van der Waals surface area contributed by atoms with E-state index in [9.17, 15) is 4.79 Å². The molecule has 1 unspecified atom stereocenters. The van der Waals surface area contributed by atoms with E-state index in [2.05, 4.69) is 24.5 Å². The van der Waals surface area contributed by atoms with Crippen molar-refractivity contribution >= 4 is 5.91 Å². The summed E-state index contributed by atoms with van der Waals surface area (Å²) in [7, 11) is 0. The van der Waals surface area contributed by atoms with Gasteiger partial charge in [-0.3, -0.25) is 4.79 Å². The molecule has 2 N–H and O–H groups in total. The Morgan fingerprint density at radius 3 is 2.61 bits per heavy atom. The van der Waals surface area contributed by atoms with Crippen LogP contribution in [0.1, 0.15) is 71.6 Å². The first-order valence-corrected chi connectivity index (χ1v) is 7.75. The van der Waals surface area contributed by atoms with Gasteiger partial charge in [-0.25, -0.2) is 0 Å². The number of unbranched alkanes of at least 4 members (excludes halogenated alkanes) is 2. The SMILES string of the molecule is CCCCCC(C)NCC(=O)NC1CCCCC1. The minimum Gasteiger partial charge on any atom is -0.352 e. The van der Waals surface area contributed by atoms with Crippen molar-refractivity contribution in [2.45, 2.75) is 83.7 Å². The summed E-state index contributed by atoms with van der Waals surface area (Å²) < 4.78 is 0. The van der Waals surface area contributed by atoms with Gasteiger partial charge in [0.05, 0.1) is 6.54 Å². The highest BCUT2D eigenvalue weighted by atomic mass is 16.1. The van der Waals surface area contributed by atoms with E-state index in [1.807, 2.05) is 0 Å². The molecular formula is C15H30N2O. The van der Waals surface area contributed by atoms with Crippen molar-refractivity contribution in [2.75, 3.05) is 6.54 Å². The molecule has 0 spiro atoms. The number of amides is 1. The second-order valence-electron chi connectivity index (χ2n) is 5.68. The fourth-order valence-electron chi connectivity index (χ4n) is 2.60. The molecule has 1 amide bonds. The van der Waals surface area contributed by atoms with Crippen LogP contribution in [0.5, 0.6) is 0 Å². The summed E-state index contributed by atoms with van der Waals surface area (Å²) in [6, 6.07) is 0.886. The summed E-state index contributed by atoms with van der Waals surface area (Å²) >= 11 is 0. The van der Waals surface area contributed by atoms with Crippen molar-refractivity contribution in [3.05, 3.63) is 0 Å². The Kier molecular flexibility index (Phi) is 8.06. The van der Waals surface area contributed by atoms with Gasteiger partial charge < -0.3 is 10.6 Å². The maximum atomic E-state index is 11.8. The maximum Gasteiger partial charge on any atom is 0.234 e. The fraction of sp³-hybridized carbons (Fsp3) is 0.933. The molecule has 1 fully saturated rings. The van der Waals surface area contributed by atoms with Gasteiger partial charge in [-0.15, -0.1) is 0 Å². The highest BCUT2D eigenvalue weighted by molar-refractivity contribution is 5.78. The fourth-order valence-corrected chi connectivity index (χ4v) is 2.60. The van der Waals surface area contributed by atoms with Gasteiger partial charge in [0, 0.05) is 12.1 Å². The van der Waals surface area contributed by atoms with Crippen LogP contribution in [0.25, 0.3) is 0 Å². The van der Waals surface area contributed by atoms with E-state index in [1.165, 1.54) is 44.9 Å². The number of nitrogens with one attached hydrogen (secondary N) is 2. The minimum atomic E-state index is 0.171. The second-order valence-corrected chi connectivity index (χ2v) is 5.68. The van der Waals surface area contributed by atoms with Gasteiger partial charge in [-0.2, -0.15) is 0 Å². The Labute approximate surface area is 112 Å². The van der Waals surface area contributed by atoms with E-state index in [0.29, 0.717) is 18.6 Å². The van der Waals surface area contributed by atoms with E-state index in [4.69, 9.17) is 0 Å². The van der Waals surface area contributed by atoms with Crippen LogP contribution in [-0.2, 0) is 4.79 Å². The first-order chi connectivity index (χ1) is 8.72. The Bertz CT molecular complexity index is 225. The van der Waals surface area contributed by atoms with Gasteiger partial charge in [0.2, 0.25) is 5.91 Å². The Morgan fingerprint density at radius 1 is 1.22 bits per heavy atom. The zero-order chi connectivity index (χ0) is 13.2. The highest BCUT2D eigenvalue weighted by Crippen LogP contribution is 2.17. The molecule has 106 valence electrons. The molecule has 1 rings (SSSR count). The monoisotopic (exact) mass is 254 g/mol. The van der Waals surface area contributed by atoms with Gasteiger partial charge in [-0.1, -0.05) is 45.4 Å². The minimum absolute atomic E-state index is 0.171. The zero-order valence-corrected chi connectivity index (χ0v) is 12.1. The van der Waals surface area contributed by atoms with E-state index >= 15 is 0 Å². The molecular weight excluding hydrogens is 224 g/mol. The van der Waals surface area contributed by atoms with E-state index in [1.54, 1.807) is 0 Å². The molecule has 0 bridgehead atoms. The highest BCUT2D eigenvalue weighted by Gasteiger charge is 2.15. The lowest BCUT2D eigenvalue weighted by atomic mass is 9.95. The predicted octanol–water partition coefficient (Wildman–Crippen LogP) is 2.99. The van der Waals surface area contributed by atoms with E-state index < -0.39 is 0 Å². The van der Waals surface area contributed by atoms with E-state index in [-0.39, 0.29) is 5.91 Å². The number of hydrogen-bond donors (Lipinski definition) is 2. The Hall–Kier alpha value is -0.570. The quantitative estimate of drug-likeness (QED) is 0.654. The molecule has 3 heteroatoms. The third-order valence-corrected chi connectivity index (χ3v) is 3.82. The van der Waals surface area contributed by atoms with Gasteiger partial charge in [-0.05, 0) is 26.2 Å². The first-order valence-electron chi connectivity index (χ1n) is 7.75. The lowest BCUT2D eigenvalue weighted by Crippen LogP contribution is -2.43. The molecule has 1 atom stereocenters. The summed E-state index contributed by atoms with van der Waals surface area (Å²) in [5, 5.41) is 6.46. The normalized spacial score (nSPS) is 18.6. The molecule has 18 heavy (non-hydrogen) atoms. The van der Waals surface area contributed by atoms with Crippen LogP contribution in [0.15, 0.2) is 0 Å². The molecule has 1 aliphatic rings. The Morgan fingerprint density at radius 2 is 1.94 bits per heavy atom. The molecule has 0 saturated heterocycles. The lowest BCUT2D eigenvalue weighted by molar-refractivity contribution is -0.121. The number of carbonyl (C=O) groups is 1. The third-order valence-electron chi connectivity index (χ3n) is 3.82. The smallest absolute Gasteiger partial charge is 0.234 e. The average molecular weight is 254 g/mol. The maximum absolute atomic E-state index is 11.8. The van der Waals surface area contributed by atoms with Crippen LogP contribution in [0, 0.1) is 0 Å². The molecule has 0 aliphatic heterocycles. The molecule has 0 heterocycles. The molecule has 0 radical (unpaired) electrons. The van der Waals surface area contributed by atoms with Crippen molar-refractivity contribution in [1.29, 1.82) is 0 Å². The van der Waals surface area contributed by atoms with Crippen LogP contribution in [-0.4, -0.2) is 24.5 Å². The predicted molar refractivity (Wildman–Crippen MR) is 76.6 cm³/mol. The van der Waals surface area contributed by atoms with Crippen molar-refractivity contribution < 1.29 is 4.79 Å². The zero-order valence-electron chi connectivity index (χ0n) is 12.1. The van der Waals surface area contributed by atoms with Crippen LogP contribution < -0.4 is 10.6 Å².